The zero-order valence-electron chi connectivity index (χ0n) is 17.1. The molecule has 1 aromatic rings. The van der Waals surface area contributed by atoms with Gasteiger partial charge in [-0.25, -0.2) is 0 Å². The maximum absolute atomic E-state index is 12.1. The molecule has 1 aromatic carbocycles. The smallest absolute Gasteiger partial charge is 0.248 e. The van der Waals surface area contributed by atoms with E-state index in [1.54, 1.807) is 24.6 Å². The molecule has 0 saturated carbocycles. The second-order valence-electron chi connectivity index (χ2n) is 6.74. The van der Waals surface area contributed by atoms with Crippen molar-refractivity contribution in [3.63, 3.8) is 0 Å². The van der Waals surface area contributed by atoms with Crippen LogP contribution >= 0.6 is 0 Å². The Hall–Kier alpha value is -3.29. The first kappa shape index (κ1) is 23.0. The molecule has 2 rings (SSSR count). The average Bonchev–Trinajstić information content (AvgIpc) is 2.77. The van der Waals surface area contributed by atoms with Gasteiger partial charge in [0.05, 0.1) is 13.2 Å². The Labute approximate surface area is 177 Å². The highest BCUT2D eigenvalue weighted by Gasteiger charge is 2.10. The molecular weight excluding hydrogens is 378 g/mol. The van der Waals surface area contributed by atoms with E-state index in [4.69, 9.17) is 15.9 Å². The monoisotopic (exact) mass is 407 g/mol. The molecule has 1 fully saturated rings. The van der Waals surface area contributed by atoms with Crippen LogP contribution in [0, 0.1) is 5.41 Å². The molecule has 0 aliphatic carbocycles. The van der Waals surface area contributed by atoms with Crippen LogP contribution in [0.1, 0.15) is 12.0 Å². The lowest BCUT2D eigenvalue weighted by Gasteiger charge is -2.26. The van der Waals surface area contributed by atoms with Gasteiger partial charge in [-0.1, -0.05) is 24.8 Å². The van der Waals surface area contributed by atoms with Crippen LogP contribution in [0.5, 0.6) is 0 Å². The summed E-state index contributed by atoms with van der Waals surface area (Å²) in [6.07, 6.45) is 11.1. The molecule has 1 heterocycles. The highest BCUT2D eigenvalue weighted by atomic mass is 16.5. The lowest BCUT2D eigenvalue weighted by molar-refractivity contribution is -0.111. The van der Waals surface area contributed by atoms with E-state index < -0.39 is 0 Å². The van der Waals surface area contributed by atoms with Gasteiger partial charge in [0.2, 0.25) is 5.91 Å². The SMILES string of the molecule is C=C(C=N/C=C\C/C(C=N)=C/N)/C=C/C(=O)Nc1ccc(CN2CCOCC2)cc1. The largest absolute Gasteiger partial charge is 0.404 e. The summed E-state index contributed by atoms with van der Waals surface area (Å²) >= 11 is 0. The topological polar surface area (TPSA) is 104 Å². The van der Waals surface area contributed by atoms with Gasteiger partial charge in [-0.2, -0.15) is 0 Å². The summed E-state index contributed by atoms with van der Waals surface area (Å²) in [5.41, 5.74) is 8.61. The van der Waals surface area contributed by atoms with Crippen LogP contribution in [0.2, 0.25) is 0 Å². The Kier molecular flexibility index (Phi) is 9.99. The molecule has 0 bridgehead atoms. The molecule has 158 valence electrons. The van der Waals surface area contributed by atoms with Crippen molar-refractivity contribution >= 4 is 24.0 Å². The van der Waals surface area contributed by atoms with Gasteiger partial charge in [-0.15, -0.1) is 0 Å². The number of rotatable bonds is 10. The number of allylic oxidation sites excluding steroid dienone is 4. The van der Waals surface area contributed by atoms with Crippen LogP contribution in [0.15, 0.2) is 77.6 Å². The van der Waals surface area contributed by atoms with Crippen molar-refractivity contribution < 1.29 is 9.53 Å². The minimum Gasteiger partial charge on any atom is -0.404 e. The number of carbonyl (C=O) groups is 1. The molecule has 7 nitrogen and oxygen atoms in total. The van der Waals surface area contributed by atoms with Gasteiger partial charge < -0.3 is 21.2 Å². The number of aliphatic imine (C=N–C) groups is 1. The standard InChI is InChI=1S/C23H29N5O2/c1-19(17-26-10-2-3-21(15-24)16-25)4-9-23(29)27-22-7-5-20(6-8-22)18-28-11-13-30-14-12-28/h2,4-10,15-17,24H,1,3,11-14,18,25H2,(H,27,29)/b9-4+,10-2-,21-16-,24-15?,26-17?. The Morgan fingerprint density at radius 2 is 2.00 bits per heavy atom. The maximum atomic E-state index is 12.1. The minimum atomic E-state index is -0.232. The normalized spacial score (nSPS) is 15.8. The van der Waals surface area contributed by atoms with Crippen molar-refractivity contribution in [3.05, 3.63) is 78.2 Å². The van der Waals surface area contributed by atoms with E-state index in [1.165, 1.54) is 24.1 Å². The summed E-state index contributed by atoms with van der Waals surface area (Å²) in [6, 6.07) is 7.86. The molecule has 1 saturated heterocycles. The average molecular weight is 408 g/mol. The second kappa shape index (κ2) is 13.0. The number of nitrogens with zero attached hydrogens (tertiary/aromatic N) is 2. The number of benzene rings is 1. The maximum Gasteiger partial charge on any atom is 0.248 e. The number of ether oxygens (including phenoxy) is 1. The molecule has 7 heteroatoms. The first-order chi connectivity index (χ1) is 14.6. The summed E-state index contributed by atoms with van der Waals surface area (Å²) in [4.78, 5) is 18.5. The number of hydrogen-bond donors (Lipinski definition) is 3. The van der Waals surface area contributed by atoms with Crippen molar-refractivity contribution in [1.82, 2.24) is 4.90 Å². The molecule has 0 spiro atoms. The first-order valence-electron chi connectivity index (χ1n) is 9.77. The first-order valence-corrected chi connectivity index (χ1v) is 9.77. The highest BCUT2D eigenvalue weighted by molar-refractivity contribution is 6.00. The van der Waals surface area contributed by atoms with Crippen molar-refractivity contribution in [2.75, 3.05) is 31.6 Å². The number of carbonyl (C=O) groups excluding carboxylic acids is 1. The van der Waals surface area contributed by atoms with E-state index in [-0.39, 0.29) is 5.91 Å². The summed E-state index contributed by atoms with van der Waals surface area (Å²) in [6.45, 7) is 8.18. The predicted octanol–water partition coefficient (Wildman–Crippen LogP) is 3.04. The molecule has 0 atom stereocenters. The van der Waals surface area contributed by atoms with Gasteiger partial charge in [0.1, 0.15) is 0 Å². The fraction of sp³-hybridized carbons (Fsp3) is 0.261. The molecule has 0 unspecified atom stereocenters. The van der Waals surface area contributed by atoms with Crippen LogP contribution in [-0.4, -0.2) is 49.5 Å². The fourth-order valence-electron chi connectivity index (χ4n) is 2.68. The van der Waals surface area contributed by atoms with Crippen molar-refractivity contribution in [2.24, 2.45) is 10.7 Å². The summed E-state index contributed by atoms with van der Waals surface area (Å²) in [5.74, 6) is -0.232. The van der Waals surface area contributed by atoms with Gasteiger partial charge in [-0.05, 0) is 47.5 Å². The molecule has 0 aromatic heterocycles. The number of hydrogen-bond acceptors (Lipinski definition) is 6. The Balaban J connectivity index is 1.75. The van der Waals surface area contributed by atoms with Crippen LogP contribution < -0.4 is 11.1 Å². The minimum absolute atomic E-state index is 0.232. The Morgan fingerprint density at radius 3 is 2.67 bits per heavy atom. The van der Waals surface area contributed by atoms with Crippen LogP contribution in [0.3, 0.4) is 0 Å². The summed E-state index contributed by atoms with van der Waals surface area (Å²) in [7, 11) is 0. The van der Waals surface area contributed by atoms with Crippen molar-refractivity contribution in [2.45, 2.75) is 13.0 Å². The van der Waals surface area contributed by atoms with Crippen molar-refractivity contribution in [1.29, 1.82) is 5.41 Å². The van der Waals surface area contributed by atoms with E-state index in [9.17, 15) is 4.79 Å². The number of anilines is 1. The number of nitrogens with one attached hydrogen (secondary N) is 2. The van der Waals surface area contributed by atoms with Gasteiger partial charge in [0.15, 0.2) is 0 Å². The third-order valence-electron chi connectivity index (χ3n) is 4.37. The van der Waals surface area contributed by atoms with Gasteiger partial charge in [-0.3, -0.25) is 14.7 Å². The summed E-state index contributed by atoms with van der Waals surface area (Å²) in [5, 5.41) is 9.97. The molecule has 1 aliphatic rings. The van der Waals surface area contributed by atoms with Gasteiger partial charge in [0, 0.05) is 50.0 Å². The van der Waals surface area contributed by atoms with Crippen molar-refractivity contribution in [3.8, 4) is 0 Å². The van der Waals surface area contributed by atoms with Crippen LogP contribution in [0.25, 0.3) is 0 Å². The number of morpholine rings is 1. The third-order valence-corrected chi connectivity index (χ3v) is 4.37. The van der Waals surface area contributed by atoms with E-state index >= 15 is 0 Å². The van der Waals surface area contributed by atoms with E-state index in [1.807, 2.05) is 24.3 Å². The second-order valence-corrected chi connectivity index (χ2v) is 6.74. The lowest BCUT2D eigenvalue weighted by Crippen LogP contribution is -2.35. The molecular formula is C23H29N5O2. The quantitative estimate of drug-likeness (QED) is 0.315. The van der Waals surface area contributed by atoms with Crippen LogP contribution in [-0.2, 0) is 16.1 Å². The van der Waals surface area contributed by atoms with E-state index in [0.717, 1.165) is 38.5 Å². The van der Waals surface area contributed by atoms with Crippen LogP contribution in [0.4, 0.5) is 5.69 Å². The third kappa shape index (κ3) is 8.81. The number of amides is 1. The number of nitrogens with two attached hydrogens (primary N) is 1. The van der Waals surface area contributed by atoms with E-state index in [0.29, 0.717) is 17.6 Å². The zero-order valence-corrected chi connectivity index (χ0v) is 17.1. The predicted molar refractivity (Wildman–Crippen MR) is 123 cm³/mol. The Bertz CT molecular complexity index is 832. The lowest BCUT2D eigenvalue weighted by atomic mass is 10.2. The van der Waals surface area contributed by atoms with Gasteiger partial charge in [0.25, 0.3) is 0 Å². The molecule has 0 radical (unpaired) electrons. The molecule has 1 amide bonds. The van der Waals surface area contributed by atoms with E-state index in [2.05, 4.69) is 21.8 Å². The fourth-order valence-corrected chi connectivity index (χ4v) is 2.68. The highest BCUT2D eigenvalue weighted by Crippen LogP contribution is 2.12. The zero-order chi connectivity index (χ0) is 21.6. The summed E-state index contributed by atoms with van der Waals surface area (Å²) < 4.78 is 5.36. The Morgan fingerprint density at radius 1 is 1.27 bits per heavy atom. The molecule has 30 heavy (non-hydrogen) atoms. The van der Waals surface area contributed by atoms with Gasteiger partial charge >= 0.3 is 0 Å². The molecule has 4 N–H and O–H groups in total. The molecule has 1 aliphatic heterocycles.